The fraction of sp³-hybridized carbons (Fsp3) is 0.222. The van der Waals surface area contributed by atoms with Crippen molar-refractivity contribution in [2.45, 2.75) is 23.5 Å². The van der Waals surface area contributed by atoms with Crippen LogP contribution in [-0.4, -0.2) is 37.0 Å². The van der Waals surface area contributed by atoms with Crippen molar-refractivity contribution in [2.75, 3.05) is 16.8 Å². The first kappa shape index (κ1) is 19.5. The van der Waals surface area contributed by atoms with Crippen LogP contribution in [-0.2, 0) is 19.4 Å². The number of fused-ring (bicyclic) bond motifs is 1. The highest BCUT2D eigenvalue weighted by molar-refractivity contribution is 7.92. The molecule has 0 aliphatic carbocycles. The first-order valence-corrected chi connectivity index (χ1v) is 9.92. The largest absolute Gasteiger partial charge is 0.325 e. The highest BCUT2D eigenvalue weighted by Gasteiger charge is 2.36. The van der Waals surface area contributed by atoms with Gasteiger partial charge in [-0.15, -0.1) is 0 Å². The number of nitro groups is 1. The van der Waals surface area contributed by atoms with Crippen molar-refractivity contribution in [3.05, 3.63) is 58.6 Å². The average Bonchev–Trinajstić information content (AvgIpc) is 2.72. The zero-order valence-corrected chi connectivity index (χ0v) is 15.7. The highest BCUT2D eigenvalue weighted by Crippen LogP contribution is 2.33. The molecule has 0 spiro atoms. The smallest absolute Gasteiger partial charge is 0.269 e. The van der Waals surface area contributed by atoms with Crippen LogP contribution in [0.4, 0.5) is 17.1 Å². The molecule has 0 fully saturated rings. The molecule has 1 heterocycles. The number of hydrogen-bond donors (Lipinski definition) is 1. The number of amides is 2. The van der Waals surface area contributed by atoms with Crippen LogP contribution in [0.5, 0.6) is 0 Å². The van der Waals surface area contributed by atoms with Crippen molar-refractivity contribution >= 4 is 38.7 Å². The van der Waals surface area contributed by atoms with Crippen LogP contribution in [0.15, 0.2) is 53.4 Å². The second-order valence-corrected chi connectivity index (χ2v) is 8.69. The Morgan fingerprint density at radius 2 is 1.86 bits per heavy atom. The number of benzene rings is 2. The van der Waals surface area contributed by atoms with Gasteiger partial charge in [0.2, 0.25) is 11.8 Å². The maximum absolute atomic E-state index is 12.6. The summed E-state index contributed by atoms with van der Waals surface area (Å²) in [5, 5.41) is 12.3. The van der Waals surface area contributed by atoms with Gasteiger partial charge in [-0.05, 0) is 31.2 Å². The summed E-state index contributed by atoms with van der Waals surface area (Å²) in [6, 6.07) is 11.3. The number of nitro benzene ring substituents is 1. The van der Waals surface area contributed by atoms with Gasteiger partial charge in [0.05, 0.1) is 20.8 Å². The van der Waals surface area contributed by atoms with E-state index in [1.807, 2.05) is 0 Å². The average molecular weight is 403 g/mol. The Labute approximate surface area is 161 Å². The topological polar surface area (TPSA) is 127 Å². The maximum Gasteiger partial charge on any atom is 0.269 e. The predicted molar refractivity (Wildman–Crippen MR) is 102 cm³/mol. The van der Waals surface area contributed by atoms with E-state index in [1.54, 1.807) is 12.1 Å². The van der Waals surface area contributed by atoms with Crippen LogP contribution in [0.3, 0.4) is 0 Å². The molecule has 3 rings (SSSR count). The third-order valence-electron chi connectivity index (χ3n) is 4.42. The summed E-state index contributed by atoms with van der Waals surface area (Å²) in [7, 11) is -3.69. The summed E-state index contributed by atoms with van der Waals surface area (Å²) >= 11 is 0. The van der Waals surface area contributed by atoms with E-state index in [4.69, 9.17) is 0 Å². The Morgan fingerprint density at radius 1 is 1.21 bits per heavy atom. The molecule has 1 aliphatic rings. The van der Waals surface area contributed by atoms with E-state index in [9.17, 15) is 28.1 Å². The van der Waals surface area contributed by atoms with Crippen LogP contribution in [0, 0.1) is 10.1 Å². The number of rotatable bonds is 4. The van der Waals surface area contributed by atoms with Crippen LogP contribution in [0.25, 0.3) is 0 Å². The van der Waals surface area contributed by atoms with Crippen LogP contribution < -0.4 is 10.2 Å². The molecule has 0 radical (unpaired) electrons. The number of hydrogen-bond acceptors (Lipinski definition) is 6. The van der Waals surface area contributed by atoms with Crippen molar-refractivity contribution in [1.82, 2.24) is 0 Å². The molecule has 2 amide bonds. The van der Waals surface area contributed by atoms with E-state index in [0.29, 0.717) is 5.69 Å². The van der Waals surface area contributed by atoms with Crippen molar-refractivity contribution in [2.24, 2.45) is 0 Å². The summed E-state index contributed by atoms with van der Waals surface area (Å²) in [6.07, 6.45) is -0.234. The van der Waals surface area contributed by atoms with Gasteiger partial charge in [-0.3, -0.25) is 19.7 Å². The van der Waals surface area contributed by atoms with Gasteiger partial charge in [-0.1, -0.05) is 12.1 Å². The third kappa shape index (κ3) is 3.72. The standard InChI is InChI=1S/C18H17N3O6S/c1-12-10-18(23)20(15-4-2-3-5-16(15)28(12,26)27)11-17(22)19-13-6-8-14(9-7-13)21(24)25/h2-9,12H,10-11H2,1H3,(H,19,22). The third-order valence-corrected chi connectivity index (χ3v) is 6.60. The monoisotopic (exact) mass is 403 g/mol. The molecule has 0 saturated carbocycles. The zero-order chi connectivity index (χ0) is 20.5. The quantitative estimate of drug-likeness (QED) is 0.615. The molecule has 1 aliphatic heterocycles. The van der Waals surface area contributed by atoms with Gasteiger partial charge in [0, 0.05) is 24.2 Å². The Balaban J connectivity index is 1.85. The number of carbonyl (C=O) groups excluding carboxylic acids is 2. The van der Waals surface area contributed by atoms with E-state index >= 15 is 0 Å². The van der Waals surface area contributed by atoms with Gasteiger partial charge in [0.25, 0.3) is 5.69 Å². The fourth-order valence-corrected chi connectivity index (χ4v) is 4.46. The van der Waals surface area contributed by atoms with E-state index in [0.717, 1.165) is 4.90 Å². The number of nitrogens with zero attached hydrogens (tertiary/aromatic N) is 2. The number of non-ortho nitro benzene ring substituents is 1. The summed E-state index contributed by atoms with van der Waals surface area (Å²) in [4.78, 5) is 36.3. The number of para-hydroxylation sites is 1. The first-order chi connectivity index (χ1) is 13.2. The van der Waals surface area contributed by atoms with E-state index in [-0.39, 0.29) is 29.2 Å². The summed E-state index contributed by atoms with van der Waals surface area (Å²) in [5.41, 5.74) is 0.372. The van der Waals surface area contributed by atoms with Crippen LogP contribution >= 0.6 is 0 Å². The van der Waals surface area contributed by atoms with Crippen molar-refractivity contribution in [3.8, 4) is 0 Å². The molecule has 2 aromatic rings. The highest BCUT2D eigenvalue weighted by atomic mass is 32.2. The Morgan fingerprint density at radius 3 is 2.50 bits per heavy atom. The molecule has 146 valence electrons. The summed E-state index contributed by atoms with van der Waals surface area (Å²) in [6.45, 7) is 1.08. The molecular formula is C18H17N3O6S. The van der Waals surface area contributed by atoms with Crippen molar-refractivity contribution in [3.63, 3.8) is 0 Å². The summed E-state index contributed by atoms with van der Waals surface area (Å²) < 4.78 is 25.3. The lowest BCUT2D eigenvalue weighted by atomic mass is 10.2. The lowest BCUT2D eigenvalue weighted by molar-refractivity contribution is -0.384. The predicted octanol–water partition coefficient (Wildman–Crippen LogP) is 2.13. The van der Waals surface area contributed by atoms with Gasteiger partial charge in [0.15, 0.2) is 9.84 Å². The normalized spacial score (nSPS) is 18.1. The minimum atomic E-state index is -3.69. The molecule has 0 aromatic heterocycles. The Kier molecular flexibility index (Phi) is 5.14. The van der Waals surface area contributed by atoms with Gasteiger partial charge in [-0.2, -0.15) is 0 Å². The Hall–Kier alpha value is -3.27. The molecule has 0 saturated heterocycles. The number of anilines is 2. The molecule has 9 nitrogen and oxygen atoms in total. The molecule has 0 bridgehead atoms. The lowest BCUT2D eigenvalue weighted by Crippen LogP contribution is -2.38. The second kappa shape index (κ2) is 7.39. The molecular weight excluding hydrogens is 386 g/mol. The molecule has 1 N–H and O–H groups in total. The number of sulfone groups is 1. The van der Waals surface area contributed by atoms with Gasteiger partial charge in [-0.25, -0.2) is 8.42 Å². The number of carbonyl (C=O) groups is 2. The minimum Gasteiger partial charge on any atom is -0.325 e. The van der Waals surface area contributed by atoms with E-state index in [1.165, 1.54) is 43.3 Å². The van der Waals surface area contributed by atoms with Crippen molar-refractivity contribution < 1.29 is 22.9 Å². The zero-order valence-electron chi connectivity index (χ0n) is 14.9. The van der Waals surface area contributed by atoms with Gasteiger partial charge >= 0.3 is 0 Å². The van der Waals surface area contributed by atoms with Crippen molar-refractivity contribution in [1.29, 1.82) is 0 Å². The van der Waals surface area contributed by atoms with Crippen LogP contribution in [0.1, 0.15) is 13.3 Å². The molecule has 10 heteroatoms. The van der Waals surface area contributed by atoms with Gasteiger partial charge < -0.3 is 10.2 Å². The summed E-state index contributed by atoms with van der Waals surface area (Å²) in [5.74, 6) is -1.02. The second-order valence-electron chi connectivity index (χ2n) is 6.36. The first-order valence-electron chi connectivity index (χ1n) is 8.38. The molecule has 28 heavy (non-hydrogen) atoms. The lowest BCUT2D eigenvalue weighted by Gasteiger charge is -2.21. The van der Waals surface area contributed by atoms with Gasteiger partial charge in [0.1, 0.15) is 6.54 Å². The molecule has 2 aromatic carbocycles. The SMILES string of the molecule is CC1CC(=O)N(CC(=O)Nc2ccc([N+](=O)[O-])cc2)c2ccccc2S1(=O)=O. The fourth-order valence-electron chi connectivity index (χ4n) is 2.92. The molecule has 1 atom stereocenters. The maximum atomic E-state index is 12.6. The Bertz CT molecular complexity index is 1050. The van der Waals surface area contributed by atoms with E-state index < -0.39 is 31.8 Å². The van der Waals surface area contributed by atoms with E-state index in [2.05, 4.69) is 5.32 Å². The van der Waals surface area contributed by atoms with Crippen LogP contribution in [0.2, 0.25) is 0 Å². The molecule has 1 unspecified atom stereocenters. The number of nitrogens with one attached hydrogen (secondary N) is 1. The minimum absolute atomic E-state index is 0.0106.